The maximum Gasteiger partial charge on any atom is 0.225 e. The first-order chi connectivity index (χ1) is 9.34. The van der Waals surface area contributed by atoms with Crippen molar-refractivity contribution in [3.8, 4) is 0 Å². The Balaban J connectivity index is 1.60. The van der Waals surface area contributed by atoms with Crippen LogP contribution in [0.2, 0.25) is 0 Å². The summed E-state index contributed by atoms with van der Waals surface area (Å²) in [4.78, 5) is 11.9. The summed E-state index contributed by atoms with van der Waals surface area (Å²) >= 11 is 0. The van der Waals surface area contributed by atoms with Crippen LogP contribution in [0.5, 0.6) is 0 Å². The monoisotopic (exact) mass is 265 g/mol. The number of ether oxygens (including phenoxy) is 1. The molecule has 3 rings (SSSR count). The normalized spacial score (nSPS) is 22.8. The largest absolute Gasteiger partial charge is 0.381 e. The van der Waals surface area contributed by atoms with Crippen molar-refractivity contribution < 1.29 is 9.53 Å². The molecule has 1 aromatic rings. The Morgan fingerprint density at radius 3 is 3.26 bits per heavy atom. The first-order valence-corrected chi connectivity index (χ1v) is 6.82. The van der Waals surface area contributed by atoms with Crippen molar-refractivity contribution in [1.29, 1.82) is 0 Å². The van der Waals surface area contributed by atoms with Crippen LogP contribution in [-0.4, -0.2) is 47.0 Å². The standard InChI is InChI=1S/C12H19N5O2/c18-12(9-2-6-19-8-9)14-7-11-16-15-10-1-3-13-4-5-17(10)11/h9,13H,1-8H2,(H,14,18). The molecule has 1 unspecified atom stereocenters. The SMILES string of the molecule is O=C(NCc1nnc2n1CCNCC2)C1CCOC1. The summed E-state index contributed by atoms with van der Waals surface area (Å²) in [6.45, 7) is 4.38. The van der Waals surface area contributed by atoms with Gasteiger partial charge in [0, 0.05) is 32.7 Å². The third kappa shape index (κ3) is 2.76. The zero-order valence-electron chi connectivity index (χ0n) is 10.9. The molecule has 19 heavy (non-hydrogen) atoms. The molecule has 0 radical (unpaired) electrons. The molecule has 1 fully saturated rings. The molecule has 0 bridgehead atoms. The number of aromatic nitrogens is 3. The van der Waals surface area contributed by atoms with E-state index >= 15 is 0 Å². The zero-order valence-corrected chi connectivity index (χ0v) is 10.9. The van der Waals surface area contributed by atoms with Gasteiger partial charge in [-0.1, -0.05) is 0 Å². The fraction of sp³-hybridized carbons (Fsp3) is 0.750. The van der Waals surface area contributed by atoms with E-state index in [4.69, 9.17) is 4.74 Å². The second-order valence-corrected chi connectivity index (χ2v) is 4.96. The number of amides is 1. The van der Waals surface area contributed by atoms with Crippen LogP contribution in [0.3, 0.4) is 0 Å². The lowest BCUT2D eigenvalue weighted by Crippen LogP contribution is -2.31. The van der Waals surface area contributed by atoms with Gasteiger partial charge in [0.2, 0.25) is 5.91 Å². The minimum absolute atomic E-state index is 0.00630. The highest BCUT2D eigenvalue weighted by Gasteiger charge is 2.24. The molecule has 1 aromatic heterocycles. The molecule has 7 heteroatoms. The molecular weight excluding hydrogens is 246 g/mol. The molecule has 0 saturated carbocycles. The van der Waals surface area contributed by atoms with Crippen molar-refractivity contribution in [2.45, 2.75) is 25.9 Å². The number of carbonyl (C=O) groups excluding carboxylic acids is 1. The lowest BCUT2D eigenvalue weighted by atomic mass is 10.1. The molecule has 0 aliphatic carbocycles. The molecule has 0 spiro atoms. The summed E-state index contributed by atoms with van der Waals surface area (Å²) in [6, 6.07) is 0. The minimum atomic E-state index is -0.00630. The summed E-state index contributed by atoms with van der Waals surface area (Å²) in [5.74, 6) is 1.89. The summed E-state index contributed by atoms with van der Waals surface area (Å²) < 4.78 is 7.32. The fourth-order valence-electron chi connectivity index (χ4n) is 2.51. The number of nitrogens with zero attached hydrogens (tertiary/aromatic N) is 3. The van der Waals surface area contributed by atoms with E-state index in [0.717, 1.165) is 44.1 Å². The molecule has 2 aliphatic heterocycles. The van der Waals surface area contributed by atoms with Crippen molar-refractivity contribution in [3.05, 3.63) is 11.6 Å². The van der Waals surface area contributed by atoms with Gasteiger partial charge in [0.05, 0.1) is 19.1 Å². The molecule has 2 N–H and O–H groups in total. The van der Waals surface area contributed by atoms with Gasteiger partial charge < -0.3 is 19.9 Å². The van der Waals surface area contributed by atoms with Crippen LogP contribution >= 0.6 is 0 Å². The highest BCUT2D eigenvalue weighted by molar-refractivity contribution is 5.78. The highest BCUT2D eigenvalue weighted by Crippen LogP contribution is 2.12. The Kier molecular flexibility index (Phi) is 3.74. The van der Waals surface area contributed by atoms with Gasteiger partial charge in [-0.3, -0.25) is 4.79 Å². The van der Waals surface area contributed by atoms with Crippen LogP contribution in [0, 0.1) is 5.92 Å². The van der Waals surface area contributed by atoms with Gasteiger partial charge in [-0.25, -0.2) is 0 Å². The fourth-order valence-corrected chi connectivity index (χ4v) is 2.51. The van der Waals surface area contributed by atoms with Crippen LogP contribution in [0.1, 0.15) is 18.1 Å². The van der Waals surface area contributed by atoms with Crippen molar-refractivity contribution in [2.24, 2.45) is 5.92 Å². The van der Waals surface area contributed by atoms with E-state index in [1.54, 1.807) is 0 Å². The number of carbonyl (C=O) groups is 1. The van der Waals surface area contributed by atoms with E-state index in [1.807, 2.05) is 0 Å². The molecule has 1 amide bonds. The molecule has 7 nitrogen and oxygen atoms in total. The van der Waals surface area contributed by atoms with Gasteiger partial charge in [0.25, 0.3) is 0 Å². The number of hydrogen-bond acceptors (Lipinski definition) is 5. The maximum absolute atomic E-state index is 11.9. The van der Waals surface area contributed by atoms with Gasteiger partial charge in [0.15, 0.2) is 5.82 Å². The van der Waals surface area contributed by atoms with E-state index in [9.17, 15) is 4.79 Å². The topological polar surface area (TPSA) is 81.1 Å². The van der Waals surface area contributed by atoms with Crippen LogP contribution in [0.25, 0.3) is 0 Å². The van der Waals surface area contributed by atoms with Crippen LogP contribution < -0.4 is 10.6 Å². The number of rotatable bonds is 3. The van der Waals surface area contributed by atoms with Crippen LogP contribution in [0.4, 0.5) is 0 Å². The van der Waals surface area contributed by atoms with E-state index in [2.05, 4.69) is 25.4 Å². The van der Waals surface area contributed by atoms with Gasteiger partial charge in [-0.15, -0.1) is 10.2 Å². The molecule has 0 aromatic carbocycles. The summed E-state index contributed by atoms with van der Waals surface area (Å²) in [5.41, 5.74) is 0. The van der Waals surface area contributed by atoms with E-state index in [0.29, 0.717) is 19.8 Å². The molecule has 1 saturated heterocycles. The minimum Gasteiger partial charge on any atom is -0.381 e. The number of nitrogens with one attached hydrogen (secondary N) is 2. The molecular formula is C12H19N5O2. The third-order valence-electron chi connectivity index (χ3n) is 3.66. The molecule has 3 heterocycles. The quantitative estimate of drug-likeness (QED) is 0.738. The predicted octanol–water partition coefficient (Wildman–Crippen LogP) is -0.923. The number of hydrogen-bond donors (Lipinski definition) is 2. The Hall–Kier alpha value is -1.47. The van der Waals surface area contributed by atoms with Gasteiger partial charge in [-0.2, -0.15) is 0 Å². The predicted molar refractivity (Wildman–Crippen MR) is 67.4 cm³/mol. The van der Waals surface area contributed by atoms with Crippen LogP contribution in [0.15, 0.2) is 0 Å². The van der Waals surface area contributed by atoms with Gasteiger partial charge in [-0.05, 0) is 6.42 Å². The second-order valence-electron chi connectivity index (χ2n) is 4.96. The van der Waals surface area contributed by atoms with Crippen molar-refractivity contribution in [3.63, 3.8) is 0 Å². The Morgan fingerprint density at radius 1 is 1.47 bits per heavy atom. The van der Waals surface area contributed by atoms with E-state index in [1.165, 1.54) is 0 Å². The lowest BCUT2D eigenvalue weighted by molar-refractivity contribution is -0.125. The average molecular weight is 265 g/mol. The lowest BCUT2D eigenvalue weighted by Gasteiger charge is -2.10. The van der Waals surface area contributed by atoms with Gasteiger partial charge >= 0.3 is 0 Å². The molecule has 1 atom stereocenters. The van der Waals surface area contributed by atoms with Crippen molar-refractivity contribution in [1.82, 2.24) is 25.4 Å². The average Bonchev–Trinajstić information content (AvgIpc) is 3.02. The van der Waals surface area contributed by atoms with E-state index in [-0.39, 0.29) is 11.8 Å². The Morgan fingerprint density at radius 2 is 2.42 bits per heavy atom. The first-order valence-electron chi connectivity index (χ1n) is 6.82. The smallest absolute Gasteiger partial charge is 0.225 e. The summed E-state index contributed by atoms with van der Waals surface area (Å²) in [7, 11) is 0. The second kappa shape index (κ2) is 5.66. The molecule has 2 aliphatic rings. The zero-order chi connectivity index (χ0) is 13.1. The van der Waals surface area contributed by atoms with Gasteiger partial charge in [0.1, 0.15) is 5.82 Å². The Labute approximate surface area is 111 Å². The molecule has 104 valence electrons. The van der Waals surface area contributed by atoms with Crippen molar-refractivity contribution in [2.75, 3.05) is 26.3 Å². The Bertz CT molecular complexity index is 453. The van der Waals surface area contributed by atoms with E-state index < -0.39 is 0 Å². The summed E-state index contributed by atoms with van der Waals surface area (Å²) in [6.07, 6.45) is 1.70. The summed E-state index contributed by atoms with van der Waals surface area (Å²) in [5, 5.41) is 14.6. The maximum atomic E-state index is 11.9. The van der Waals surface area contributed by atoms with Crippen molar-refractivity contribution >= 4 is 5.91 Å². The first kappa shape index (κ1) is 12.6. The third-order valence-corrected chi connectivity index (χ3v) is 3.66. The van der Waals surface area contributed by atoms with Crippen LogP contribution in [-0.2, 0) is 29.0 Å². The number of fused-ring (bicyclic) bond motifs is 1. The highest BCUT2D eigenvalue weighted by atomic mass is 16.5.